The van der Waals surface area contributed by atoms with Crippen LogP contribution in [0.4, 0.5) is 9.59 Å². The minimum Gasteiger partial charge on any atom is -0.445 e. The van der Waals surface area contributed by atoms with E-state index >= 15 is 0 Å². The number of ether oxygens (including phenoxy) is 2. The van der Waals surface area contributed by atoms with Gasteiger partial charge in [0, 0.05) is 24.5 Å². The zero-order chi connectivity index (χ0) is 18.8. The van der Waals surface area contributed by atoms with E-state index in [4.69, 9.17) is 9.47 Å². The van der Waals surface area contributed by atoms with E-state index in [-0.39, 0.29) is 30.3 Å². The van der Waals surface area contributed by atoms with Crippen LogP contribution in [0.25, 0.3) is 0 Å². The van der Waals surface area contributed by atoms with E-state index in [2.05, 4.69) is 5.32 Å². The Morgan fingerprint density at radius 3 is 2.58 bits per heavy atom. The number of carbonyl (C=O) groups excluding carboxylic acids is 2. The van der Waals surface area contributed by atoms with E-state index in [0.29, 0.717) is 13.1 Å². The molecular formula is C20H28N2O4. The van der Waals surface area contributed by atoms with Gasteiger partial charge in [0.05, 0.1) is 0 Å². The summed E-state index contributed by atoms with van der Waals surface area (Å²) in [6, 6.07) is 9.74. The van der Waals surface area contributed by atoms with Crippen LogP contribution in [0.15, 0.2) is 30.3 Å². The first kappa shape index (κ1) is 18.5. The molecule has 2 amide bonds. The fourth-order valence-corrected chi connectivity index (χ4v) is 3.77. The number of nitrogens with one attached hydrogen (secondary N) is 1. The van der Waals surface area contributed by atoms with E-state index < -0.39 is 5.60 Å². The summed E-state index contributed by atoms with van der Waals surface area (Å²) in [5.74, 6) is 0. The van der Waals surface area contributed by atoms with Crippen molar-refractivity contribution < 1.29 is 19.1 Å². The number of benzene rings is 1. The van der Waals surface area contributed by atoms with Crippen LogP contribution >= 0.6 is 0 Å². The molecule has 3 rings (SSSR count). The van der Waals surface area contributed by atoms with Gasteiger partial charge in [-0.2, -0.15) is 0 Å². The molecule has 1 aromatic carbocycles. The van der Waals surface area contributed by atoms with Gasteiger partial charge in [-0.1, -0.05) is 30.3 Å². The molecule has 1 saturated carbocycles. The first-order valence-corrected chi connectivity index (χ1v) is 9.20. The van der Waals surface area contributed by atoms with E-state index in [1.165, 1.54) is 0 Å². The van der Waals surface area contributed by atoms with Crippen LogP contribution in [0.3, 0.4) is 0 Å². The number of alkyl carbamates (subject to hydrolysis) is 1. The number of hydrogen-bond donors (Lipinski definition) is 1. The van der Waals surface area contributed by atoms with Crippen molar-refractivity contribution in [1.82, 2.24) is 10.2 Å². The largest absolute Gasteiger partial charge is 0.445 e. The third-order valence-corrected chi connectivity index (χ3v) is 4.94. The fraction of sp³-hybridized carbons (Fsp3) is 0.600. The standard InChI is InChI=1S/C20H28N2O4/c1-19(2,3)26-18(24)22-13-20(14-22)10-9-16(11-20)21-17(23)25-12-15-7-5-4-6-8-15/h4-8,16H,9-14H2,1-3H3,(H,21,23)/t16-/m1/s1. The van der Waals surface area contributed by atoms with Gasteiger partial charge in [0.15, 0.2) is 0 Å². The van der Waals surface area contributed by atoms with Gasteiger partial charge in [-0.05, 0) is 45.6 Å². The minimum atomic E-state index is -0.470. The van der Waals surface area contributed by atoms with Crippen LogP contribution in [0.5, 0.6) is 0 Å². The molecule has 142 valence electrons. The van der Waals surface area contributed by atoms with Crippen LogP contribution in [-0.2, 0) is 16.1 Å². The van der Waals surface area contributed by atoms with Crippen LogP contribution < -0.4 is 5.32 Å². The highest BCUT2D eigenvalue weighted by Gasteiger charge is 2.50. The van der Waals surface area contributed by atoms with Crippen LogP contribution in [0.1, 0.15) is 45.6 Å². The molecule has 1 heterocycles. The fourth-order valence-electron chi connectivity index (χ4n) is 3.77. The Bertz CT molecular complexity index is 648. The molecule has 0 unspecified atom stereocenters. The highest BCUT2D eigenvalue weighted by Crippen LogP contribution is 2.46. The zero-order valence-electron chi connectivity index (χ0n) is 15.8. The lowest BCUT2D eigenvalue weighted by Gasteiger charge is -2.48. The highest BCUT2D eigenvalue weighted by molar-refractivity contribution is 5.70. The van der Waals surface area contributed by atoms with E-state index in [9.17, 15) is 9.59 Å². The lowest BCUT2D eigenvalue weighted by Crippen LogP contribution is -2.58. The molecule has 0 aromatic heterocycles. The second-order valence-electron chi connectivity index (χ2n) is 8.48. The molecule has 1 N–H and O–H groups in total. The molecule has 2 aliphatic rings. The zero-order valence-corrected chi connectivity index (χ0v) is 15.8. The molecule has 0 radical (unpaired) electrons. The van der Waals surface area contributed by atoms with Gasteiger partial charge in [0.2, 0.25) is 0 Å². The summed E-state index contributed by atoms with van der Waals surface area (Å²) in [7, 11) is 0. The molecule has 26 heavy (non-hydrogen) atoms. The molecule has 1 aliphatic heterocycles. The third kappa shape index (κ3) is 4.68. The van der Waals surface area contributed by atoms with Crippen LogP contribution in [0, 0.1) is 5.41 Å². The summed E-state index contributed by atoms with van der Waals surface area (Å²) in [4.78, 5) is 25.8. The molecule has 0 bridgehead atoms. The maximum absolute atomic E-state index is 12.1. The normalized spacial score (nSPS) is 21.2. The second kappa shape index (κ2) is 7.17. The summed E-state index contributed by atoms with van der Waals surface area (Å²) in [6.07, 6.45) is 2.19. The quantitative estimate of drug-likeness (QED) is 0.892. The monoisotopic (exact) mass is 360 g/mol. The smallest absolute Gasteiger partial charge is 0.410 e. The summed E-state index contributed by atoms with van der Waals surface area (Å²) in [5.41, 5.74) is 0.619. The molecule has 6 heteroatoms. The molecule has 2 fully saturated rings. The Kier molecular flexibility index (Phi) is 5.12. The topological polar surface area (TPSA) is 67.9 Å². The number of nitrogens with zero attached hydrogens (tertiary/aromatic N) is 1. The van der Waals surface area contributed by atoms with Crippen molar-refractivity contribution in [3.63, 3.8) is 0 Å². The molecule has 1 aromatic rings. The first-order chi connectivity index (χ1) is 12.2. The van der Waals surface area contributed by atoms with Gasteiger partial charge in [0.25, 0.3) is 0 Å². The Balaban J connectivity index is 1.39. The number of carbonyl (C=O) groups is 2. The van der Waals surface area contributed by atoms with Crippen molar-refractivity contribution in [1.29, 1.82) is 0 Å². The van der Waals surface area contributed by atoms with Gasteiger partial charge >= 0.3 is 12.2 Å². The van der Waals surface area contributed by atoms with Crippen molar-refractivity contribution in [2.45, 2.75) is 58.3 Å². The SMILES string of the molecule is CC(C)(C)OC(=O)N1CC2(CC[C@@H](NC(=O)OCc3ccccc3)C2)C1. The Morgan fingerprint density at radius 2 is 1.92 bits per heavy atom. The van der Waals surface area contributed by atoms with Gasteiger partial charge < -0.3 is 19.7 Å². The maximum Gasteiger partial charge on any atom is 0.410 e. The van der Waals surface area contributed by atoms with Gasteiger partial charge in [0.1, 0.15) is 12.2 Å². The number of hydrogen-bond acceptors (Lipinski definition) is 4. The van der Waals surface area contributed by atoms with Crippen molar-refractivity contribution in [2.75, 3.05) is 13.1 Å². The molecule has 6 nitrogen and oxygen atoms in total. The Labute approximate surface area is 154 Å². The summed E-state index contributed by atoms with van der Waals surface area (Å²) in [6.45, 7) is 7.31. The predicted molar refractivity (Wildman–Crippen MR) is 97.6 cm³/mol. The highest BCUT2D eigenvalue weighted by atomic mass is 16.6. The average molecular weight is 360 g/mol. The molecule has 1 saturated heterocycles. The van der Waals surface area contributed by atoms with Gasteiger partial charge in [-0.25, -0.2) is 9.59 Å². The van der Waals surface area contributed by atoms with Crippen LogP contribution in [-0.4, -0.2) is 41.8 Å². The molecule has 1 aliphatic carbocycles. The van der Waals surface area contributed by atoms with Gasteiger partial charge in [-0.15, -0.1) is 0 Å². The van der Waals surface area contributed by atoms with E-state index in [1.807, 2.05) is 51.1 Å². The average Bonchev–Trinajstić information content (AvgIpc) is 2.95. The maximum atomic E-state index is 12.1. The lowest BCUT2D eigenvalue weighted by atomic mass is 9.78. The number of amides is 2. The van der Waals surface area contributed by atoms with Crippen LogP contribution in [0.2, 0.25) is 0 Å². The molecule has 1 atom stereocenters. The van der Waals surface area contributed by atoms with Crippen molar-refractivity contribution in [2.24, 2.45) is 5.41 Å². The van der Waals surface area contributed by atoms with Crippen molar-refractivity contribution in [3.8, 4) is 0 Å². The van der Waals surface area contributed by atoms with E-state index in [0.717, 1.165) is 24.8 Å². The molecular weight excluding hydrogens is 332 g/mol. The third-order valence-electron chi connectivity index (χ3n) is 4.94. The summed E-state index contributed by atoms with van der Waals surface area (Å²) in [5, 5.41) is 2.96. The van der Waals surface area contributed by atoms with Crippen molar-refractivity contribution >= 4 is 12.2 Å². The Hall–Kier alpha value is -2.24. The predicted octanol–water partition coefficient (Wildman–Crippen LogP) is 3.70. The second-order valence-corrected chi connectivity index (χ2v) is 8.48. The van der Waals surface area contributed by atoms with Crippen molar-refractivity contribution in [3.05, 3.63) is 35.9 Å². The lowest BCUT2D eigenvalue weighted by molar-refractivity contribution is -0.0326. The summed E-state index contributed by atoms with van der Waals surface area (Å²) < 4.78 is 10.7. The molecule has 1 spiro atoms. The minimum absolute atomic E-state index is 0.110. The van der Waals surface area contributed by atoms with Gasteiger partial charge in [-0.3, -0.25) is 0 Å². The van der Waals surface area contributed by atoms with E-state index in [1.54, 1.807) is 4.90 Å². The first-order valence-electron chi connectivity index (χ1n) is 9.20. The number of rotatable bonds is 3. The number of likely N-dealkylation sites (tertiary alicyclic amines) is 1. The Morgan fingerprint density at radius 1 is 1.23 bits per heavy atom. The summed E-state index contributed by atoms with van der Waals surface area (Å²) >= 11 is 0.